The molecule has 0 heterocycles. The fraction of sp³-hybridized carbons (Fsp3) is 0.855. The molecule has 0 aromatic heterocycles. The smallest absolute Gasteiger partial charge is 0.305 e. The van der Waals surface area contributed by atoms with Crippen LogP contribution in [-0.4, -0.2) is 47.4 Å². The van der Waals surface area contributed by atoms with Gasteiger partial charge in [0, 0.05) is 12.8 Å². The van der Waals surface area contributed by atoms with Gasteiger partial charge in [0.25, 0.3) is 0 Å². The van der Waals surface area contributed by atoms with Crippen LogP contribution >= 0.6 is 0 Å². The van der Waals surface area contributed by atoms with E-state index in [2.05, 4.69) is 55.6 Å². The largest absolute Gasteiger partial charge is 0.466 e. The van der Waals surface area contributed by atoms with E-state index in [4.69, 9.17) is 4.74 Å². The van der Waals surface area contributed by atoms with E-state index >= 15 is 0 Å². The lowest BCUT2D eigenvalue weighted by molar-refractivity contribution is -0.143. The monoisotopic (exact) mass is 858 g/mol. The molecule has 2 unspecified atom stereocenters. The van der Waals surface area contributed by atoms with Crippen molar-refractivity contribution in [2.24, 2.45) is 0 Å². The summed E-state index contributed by atoms with van der Waals surface area (Å²) in [6.07, 6.45) is 61.2. The number of ether oxygens (including phenoxy) is 1. The molecule has 61 heavy (non-hydrogen) atoms. The van der Waals surface area contributed by atoms with E-state index in [-0.39, 0.29) is 18.5 Å². The maximum Gasteiger partial charge on any atom is 0.305 e. The predicted octanol–water partition coefficient (Wildman–Crippen LogP) is 16.1. The highest BCUT2D eigenvalue weighted by Gasteiger charge is 2.20. The summed E-state index contributed by atoms with van der Waals surface area (Å²) in [4.78, 5) is 24.5. The number of nitrogens with one attached hydrogen (secondary N) is 1. The van der Waals surface area contributed by atoms with Crippen molar-refractivity contribution in [1.29, 1.82) is 0 Å². The van der Waals surface area contributed by atoms with E-state index in [0.29, 0.717) is 25.9 Å². The van der Waals surface area contributed by atoms with Crippen LogP contribution in [0.5, 0.6) is 0 Å². The molecule has 0 aliphatic carbocycles. The molecule has 1 amide bonds. The van der Waals surface area contributed by atoms with Crippen molar-refractivity contribution in [3.63, 3.8) is 0 Å². The van der Waals surface area contributed by atoms with E-state index in [9.17, 15) is 19.8 Å². The Balaban J connectivity index is 3.54. The van der Waals surface area contributed by atoms with Crippen LogP contribution in [0.15, 0.2) is 36.5 Å². The van der Waals surface area contributed by atoms with Gasteiger partial charge >= 0.3 is 5.97 Å². The number of hydrogen-bond donors (Lipinski definition) is 3. The summed E-state index contributed by atoms with van der Waals surface area (Å²) in [7, 11) is 0. The molecular formula is C55H103NO5. The van der Waals surface area contributed by atoms with Crippen molar-refractivity contribution >= 4 is 11.9 Å². The van der Waals surface area contributed by atoms with Crippen molar-refractivity contribution in [1.82, 2.24) is 5.32 Å². The fourth-order valence-electron chi connectivity index (χ4n) is 8.02. The van der Waals surface area contributed by atoms with Gasteiger partial charge in [-0.3, -0.25) is 9.59 Å². The molecule has 6 nitrogen and oxygen atoms in total. The minimum Gasteiger partial charge on any atom is -0.466 e. The minimum absolute atomic E-state index is 0.0503. The van der Waals surface area contributed by atoms with Gasteiger partial charge in [0.1, 0.15) is 0 Å². The average molecular weight is 858 g/mol. The van der Waals surface area contributed by atoms with Crippen LogP contribution in [0.25, 0.3) is 0 Å². The second kappa shape index (κ2) is 50.7. The Bertz CT molecular complexity index is 993. The van der Waals surface area contributed by atoms with Crippen LogP contribution in [0.2, 0.25) is 0 Å². The molecule has 2 atom stereocenters. The zero-order valence-corrected chi connectivity index (χ0v) is 40.6. The summed E-state index contributed by atoms with van der Waals surface area (Å²) in [5, 5.41) is 23.3. The molecule has 3 N–H and O–H groups in total. The third-order valence-electron chi connectivity index (χ3n) is 12.2. The Kier molecular flexibility index (Phi) is 49.1. The van der Waals surface area contributed by atoms with Crippen LogP contribution < -0.4 is 5.32 Å². The van der Waals surface area contributed by atoms with Crippen LogP contribution in [0.4, 0.5) is 0 Å². The molecule has 0 radical (unpaired) electrons. The van der Waals surface area contributed by atoms with E-state index in [0.717, 1.165) is 89.9 Å². The zero-order valence-electron chi connectivity index (χ0n) is 40.6. The second-order valence-electron chi connectivity index (χ2n) is 18.2. The third-order valence-corrected chi connectivity index (χ3v) is 12.2. The van der Waals surface area contributed by atoms with E-state index < -0.39 is 12.1 Å². The van der Waals surface area contributed by atoms with Gasteiger partial charge in [0.2, 0.25) is 5.91 Å². The Morgan fingerprint density at radius 1 is 0.459 bits per heavy atom. The summed E-state index contributed by atoms with van der Waals surface area (Å²) >= 11 is 0. The van der Waals surface area contributed by atoms with Gasteiger partial charge in [-0.15, -0.1) is 0 Å². The number of amides is 1. The Labute approximate surface area is 379 Å². The van der Waals surface area contributed by atoms with Crippen LogP contribution in [0.1, 0.15) is 277 Å². The molecule has 0 fully saturated rings. The number of aliphatic hydroxyl groups excluding tert-OH is 2. The molecule has 358 valence electrons. The second-order valence-corrected chi connectivity index (χ2v) is 18.2. The van der Waals surface area contributed by atoms with Crippen LogP contribution in [0, 0.1) is 0 Å². The molecule has 0 aromatic carbocycles. The number of rotatable bonds is 49. The Morgan fingerprint density at radius 3 is 1.30 bits per heavy atom. The Hall–Kier alpha value is -1.92. The number of aliphatic hydroxyl groups is 2. The zero-order chi connectivity index (χ0) is 44.4. The van der Waals surface area contributed by atoms with Crippen molar-refractivity contribution in [3.05, 3.63) is 36.5 Å². The van der Waals surface area contributed by atoms with Crippen molar-refractivity contribution in [2.75, 3.05) is 13.2 Å². The maximum absolute atomic E-state index is 12.5. The number of esters is 1. The Morgan fingerprint density at radius 2 is 0.820 bits per heavy atom. The first-order valence-corrected chi connectivity index (χ1v) is 26.7. The molecule has 0 spiro atoms. The molecule has 0 rings (SSSR count). The van der Waals surface area contributed by atoms with Gasteiger partial charge in [0.05, 0.1) is 25.4 Å². The molecule has 0 saturated heterocycles. The van der Waals surface area contributed by atoms with Gasteiger partial charge < -0.3 is 20.3 Å². The summed E-state index contributed by atoms with van der Waals surface area (Å²) < 4.78 is 5.43. The van der Waals surface area contributed by atoms with Crippen molar-refractivity contribution in [3.8, 4) is 0 Å². The molecule has 0 aromatic rings. The lowest BCUT2D eigenvalue weighted by atomic mass is 10.0. The summed E-state index contributed by atoms with van der Waals surface area (Å²) in [6, 6.07) is -0.569. The van der Waals surface area contributed by atoms with E-state index in [1.54, 1.807) is 0 Å². The van der Waals surface area contributed by atoms with Crippen LogP contribution in [-0.2, 0) is 14.3 Å². The first kappa shape index (κ1) is 59.1. The highest BCUT2D eigenvalue weighted by Crippen LogP contribution is 2.16. The third kappa shape index (κ3) is 47.4. The number of unbranched alkanes of at least 4 members (excludes halogenated alkanes) is 32. The first-order chi connectivity index (χ1) is 30.0. The normalized spacial score (nSPS) is 12.9. The molecule has 0 aliphatic rings. The molecular weight excluding hydrogens is 755 g/mol. The summed E-state index contributed by atoms with van der Waals surface area (Å²) in [5.41, 5.74) is 0. The van der Waals surface area contributed by atoms with Gasteiger partial charge in [-0.25, -0.2) is 0 Å². The number of carbonyl (C=O) groups is 2. The van der Waals surface area contributed by atoms with Gasteiger partial charge in [-0.1, -0.05) is 217 Å². The lowest BCUT2D eigenvalue weighted by Gasteiger charge is -2.22. The van der Waals surface area contributed by atoms with E-state index in [1.165, 1.54) is 154 Å². The molecule has 0 saturated carbocycles. The fourth-order valence-corrected chi connectivity index (χ4v) is 8.02. The minimum atomic E-state index is -0.688. The number of carbonyl (C=O) groups excluding carboxylic acids is 2. The van der Waals surface area contributed by atoms with Crippen LogP contribution in [0.3, 0.4) is 0 Å². The quantitative estimate of drug-likeness (QED) is 0.0322. The number of allylic oxidation sites excluding steroid dienone is 6. The van der Waals surface area contributed by atoms with Crippen molar-refractivity contribution < 1.29 is 24.5 Å². The van der Waals surface area contributed by atoms with Gasteiger partial charge in [0.15, 0.2) is 0 Å². The van der Waals surface area contributed by atoms with Crippen molar-refractivity contribution in [2.45, 2.75) is 289 Å². The predicted molar refractivity (Wildman–Crippen MR) is 264 cm³/mol. The maximum atomic E-state index is 12.5. The lowest BCUT2D eigenvalue weighted by Crippen LogP contribution is -2.45. The highest BCUT2D eigenvalue weighted by atomic mass is 16.5. The first-order valence-electron chi connectivity index (χ1n) is 26.7. The topological polar surface area (TPSA) is 95.9 Å². The number of hydrogen-bond acceptors (Lipinski definition) is 5. The van der Waals surface area contributed by atoms with Gasteiger partial charge in [-0.2, -0.15) is 0 Å². The standard InChI is InChI=1S/C55H103NO5/c1-3-5-7-9-11-13-15-17-19-20-21-22-24-25-27-31-35-39-43-47-53(58)52(51-57)56-54(59)48-44-40-36-32-29-30-34-38-42-46-50-61-55(60)49-45-41-37-33-28-26-23-18-16-14-12-10-8-6-4-2/h12,14,18,23,30,34,52-53,57-58H,3-11,13,15-17,19-22,24-29,31-33,35-51H2,1-2H3,(H,56,59)/b14-12-,23-18-,34-30-. The average Bonchev–Trinajstić information content (AvgIpc) is 3.26. The summed E-state index contributed by atoms with van der Waals surface area (Å²) in [5.74, 6) is -0.121. The summed E-state index contributed by atoms with van der Waals surface area (Å²) in [6.45, 7) is 4.83. The van der Waals surface area contributed by atoms with Gasteiger partial charge in [-0.05, 0) is 83.5 Å². The highest BCUT2D eigenvalue weighted by molar-refractivity contribution is 5.76. The molecule has 0 aliphatic heterocycles. The molecule has 0 bridgehead atoms. The molecule has 6 heteroatoms. The van der Waals surface area contributed by atoms with E-state index in [1.807, 2.05) is 0 Å². The SMILES string of the molecule is CCCCC/C=C\C/C=C\CCCCCCCC(=O)OCCCC/C=C\CCCCCCC(=O)NC(CO)C(O)CCCCCCCCCCCCCCCCCCCCC.